The van der Waals surface area contributed by atoms with E-state index in [0.29, 0.717) is 0 Å². The SMILES string of the molecule is Cc1ccc(F)c(Oc2ccnc(Cl)c2C#N)c1. The van der Waals surface area contributed by atoms with Crippen LogP contribution in [-0.2, 0) is 0 Å². The minimum atomic E-state index is -0.502. The van der Waals surface area contributed by atoms with E-state index in [1.807, 2.05) is 13.0 Å². The highest BCUT2D eigenvalue weighted by atomic mass is 35.5. The molecule has 0 saturated carbocycles. The van der Waals surface area contributed by atoms with Crippen LogP contribution >= 0.6 is 11.6 Å². The first-order chi connectivity index (χ1) is 8.61. The summed E-state index contributed by atoms with van der Waals surface area (Å²) in [5.74, 6) is -0.270. The van der Waals surface area contributed by atoms with Crippen molar-refractivity contribution in [1.82, 2.24) is 4.98 Å². The molecule has 2 aromatic rings. The number of aryl methyl sites for hydroxylation is 1. The molecule has 0 N–H and O–H groups in total. The van der Waals surface area contributed by atoms with Gasteiger partial charge >= 0.3 is 0 Å². The Morgan fingerprint density at radius 3 is 2.83 bits per heavy atom. The summed E-state index contributed by atoms with van der Waals surface area (Å²) in [5.41, 5.74) is 0.935. The number of aromatic nitrogens is 1. The molecule has 3 nitrogen and oxygen atoms in total. The van der Waals surface area contributed by atoms with Gasteiger partial charge in [0.15, 0.2) is 16.7 Å². The third kappa shape index (κ3) is 2.41. The fraction of sp³-hybridized carbons (Fsp3) is 0.0769. The van der Waals surface area contributed by atoms with Crippen molar-refractivity contribution in [2.24, 2.45) is 0 Å². The van der Waals surface area contributed by atoms with Crippen molar-refractivity contribution in [2.75, 3.05) is 0 Å². The van der Waals surface area contributed by atoms with Crippen molar-refractivity contribution >= 4 is 11.6 Å². The van der Waals surface area contributed by atoms with Crippen molar-refractivity contribution in [2.45, 2.75) is 6.92 Å². The number of hydrogen-bond acceptors (Lipinski definition) is 3. The number of nitriles is 1. The van der Waals surface area contributed by atoms with Gasteiger partial charge in [0.25, 0.3) is 0 Å². The van der Waals surface area contributed by atoms with Crippen LogP contribution in [0.3, 0.4) is 0 Å². The zero-order valence-corrected chi connectivity index (χ0v) is 10.2. The van der Waals surface area contributed by atoms with E-state index in [1.165, 1.54) is 18.3 Å². The summed E-state index contributed by atoms with van der Waals surface area (Å²) >= 11 is 5.76. The van der Waals surface area contributed by atoms with Crippen LogP contribution in [0.15, 0.2) is 30.5 Å². The molecule has 0 radical (unpaired) electrons. The van der Waals surface area contributed by atoms with E-state index in [2.05, 4.69) is 4.98 Å². The monoisotopic (exact) mass is 262 g/mol. The van der Waals surface area contributed by atoms with Crippen molar-refractivity contribution in [3.8, 4) is 17.6 Å². The second-order valence-corrected chi connectivity index (χ2v) is 3.98. The Labute approximate surface area is 108 Å². The zero-order chi connectivity index (χ0) is 13.1. The highest BCUT2D eigenvalue weighted by Gasteiger charge is 2.12. The Morgan fingerprint density at radius 1 is 1.33 bits per heavy atom. The first kappa shape index (κ1) is 12.3. The van der Waals surface area contributed by atoms with E-state index in [0.717, 1.165) is 5.56 Å². The molecular weight excluding hydrogens is 255 g/mol. The smallest absolute Gasteiger partial charge is 0.165 e. The predicted octanol–water partition coefficient (Wildman–Crippen LogP) is 3.85. The molecule has 90 valence electrons. The van der Waals surface area contributed by atoms with Crippen LogP contribution in [0.25, 0.3) is 0 Å². The molecule has 0 unspecified atom stereocenters. The molecule has 0 saturated heterocycles. The molecule has 0 fully saturated rings. The van der Waals surface area contributed by atoms with Gasteiger partial charge < -0.3 is 4.74 Å². The molecule has 1 aromatic heterocycles. The summed E-state index contributed by atoms with van der Waals surface area (Å²) in [6, 6.07) is 7.82. The fourth-order valence-corrected chi connectivity index (χ4v) is 1.61. The van der Waals surface area contributed by atoms with E-state index in [4.69, 9.17) is 21.6 Å². The van der Waals surface area contributed by atoms with Gasteiger partial charge in [-0.05, 0) is 24.6 Å². The molecule has 5 heteroatoms. The summed E-state index contributed by atoms with van der Waals surface area (Å²) < 4.78 is 18.9. The molecule has 0 amide bonds. The van der Waals surface area contributed by atoms with Crippen LogP contribution in [0.2, 0.25) is 5.15 Å². The second-order valence-electron chi connectivity index (χ2n) is 3.62. The van der Waals surface area contributed by atoms with Crippen molar-refractivity contribution in [3.05, 3.63) is 52.6 Å². The highest BCUT2D eigenvalue weighted by Crippen LogP contribution is 2.30. The minimum Gasteiger partial charge on any atom is -0.453 e. The molecule has 18 heavy (non-hydrogen) atoms. The maximum absolute atomic E-state index is 13.5. The second kappa shape index (κ2) is 5.03. The first-order valence-electron chi connectivity index (χ1n) is 5.10. The summed E-state index contributed by atoms with van der Waals surface area (Å²) in [5, 5.41) is 8.98. The third-order valence-electron chi connectivity index (χ3n) is 2.28. The van der Waals surface area contributed by atoms with E-state index in [1.54, 1.807) is 12.1 Å². The van der Waals surface area contributed by atoms with Gasteiger partial charge in [0.1, 0.15) is 17.4 Å². The predicted molar refractivity (Wildman–Crippen MR) is 65.2 cm³/mol. The van der Waals surface area contributed by atoms with Crippen molar-refractivity contribution < 1.29 is 9.13 Å². The lowest BCUT2D eigenvalue weighted by Crippen LogP contribution is -1.93. The zero-order valence-electron chi connectivity index (χ0n) is 9.45. The molecule has 1 heterocycles. The number of hydrogen-bond donors (Lipinski definition) is 0. The summed E-state index contributed by atoms with van der Waals surface area (Å²) in [7, 11) is 0. The Morgan fingerprint density at radius 2 is 2.11 bits per heavy atom. The van der Waals surface area contributed by atoms with Crippen LogP contribution in [0.1, 0.15) is 11.1 Å². The molecule has 0 spiro atoms. The summed E-state index contributed by atoms with van der Waals surface area (Å²) in [4.78, 5) is 3.76. The topological polar surface area (TPSA) is 45.9 Å². The van der Waals surface area contributed by atoms with Crippen LogP contribution in [-0.4, -0.2) is 4.98 Å². The number of ether oxygens (including phenoxy) is 1. The Hall–Kier alpha value is -2.12. The number of nitrogens with zero attached hydrogens (tertiary/aromatic N) is 2. The molecule has 0 aliphatic rings. The van der Waals surface area contributed by atoms with Crippen molar-refractivity contribution in [1.29, 1.82) is 5.26 Å². The van der Waals surface area contributed by atoms with Gasteiger partial charge in [0.2, 0.25) is 0 Å². The third-order valence-corrected chi connectivity index (χ3v) is 2.57. The summed E-state index contributed by atoms with van der Waals surface area (Å²) in [6.45, 7) is 1.82. The molecule has 0 atom stereocenters. The van der Waals surface area contributed by atoms with E-state index < -0.39 is 5.82 Å². The lowest BCUT2D eigenvalue weighted by atomic mass is 10.2. The van der Waals surface area contributed by atoms with Crippen LogP contribution < -0.4 is 4.74 Å². The number of pyridine rings is 1. The quantitative estimate of drug-likeness (QED) is 0.773. The van der Waals surface area contributed by atoms with Gasteiger partial charge in [0, 0.05) is 12.3 Å². The maximum atomic E-state index is 13.5. The number of rotatable bonds is 2. The lowest BCUT2D eigenvalue weighted by molar-refractivity contribution is 0.440. The van der Waals surface area contributed by atoms with Crippen molar-refractivity contribution in [3.63, 3.8) is 0 Å². The largest absolute Gasteiger partial charge is 0.453 e. The van der Waals surface area contributed by atoms with Crippen LogP contribution in [0.4, 0.5) is 4.39 Å². The molecular formula is C13H8ClFN2O. The normalized spacial score (nSPS) is 9.89. The first-order valence-corrected chi connectivity index (χ1v) is 5.48. The maximum Gasteiger partial charge on any atom is 0.165 e. The molecule has 1 aromatic carbocycles. The van der Waals surface area contributed by atoms with E-state index in [-0.39, 0.29) is 22.2 Å². The van der Waals surface area contributed by atoms with E-state index >= 15 is 0 Å². The molecule has 0 bridgehead atoms. The number of halogens is 2. The van der Waals surface area contributed by atoms with Gasteiger partial charge in [-0.1, -0.05) is 17.7 Å². The lowest BCUT2D eigenvalue weighted by Gasteiger charge is -2.09. The van der Waals surface area contributed by atoms with Gasteiger partial charge in [-0.3, -0.25) is 0 Å². The molecule has 0 aliphatic carbocycles. The van der Waals surface area contributed by atoms with Gasteiger partial charge in [-0.25, -0.2) is 9.37 Å². The van der Waals surface area contributed by atoms with E-state index in [9.17, 15) is 4.39 Å². The Kier molecular flexibility index (Phi) is 3.45. The summed E-state index contributed by atoms with van der Waals surface area (Å²) in [6.07, 6.45) is 1.40. The Balaban J connectivity index is 2.44. The van der Waals surface area contributed by atoms with Gasteiger partial charge in [0.05, 0.1) is 0 Å². The highest BCUT2D eigenvalue weighted by molar-refractivity contribution is 6.30. The van der Waals surface area contributed by atoms with Crippen LogP contribution in [0.5, 0.6) is 11.5 Å². The standard InChI is InChI=1S/C13H8ClFN2O/c1-8-2-3-10(15)12(6-8)18-11-4-5-17-13(14)9(11)7-16/h2-6H,1H3. The van der Waals surface area contributed by atoms with Crippen LogP contribution in [0, 0.1) is 24.1 Å². The fourth-order valence-electron chi connectivity index (χ4n) is 1.41. The molecule has 2 rings (SSSR count). The Bertz CT molecular complexity index is 637. The average Bonchev–Trinajstić information content (AvgIpc) is 2.34. The minimum absolute atomic E-state index is 0.0306. The average molecular weight is 263 g/mol. The molecule has 0 aliphatic heterocycles. The number of benzene rings is 1. The van der Waals surface area contributed by atoms with Gasteiger partial charge in [-0.15, -0.1) is 0 Å². The van der Waals surface area contributed by atoms with Gasteiger partial charge in [-0.2, -0.15) is 5.26 Å².